The lowest BCUT2D eigenvalue weighted by Crippen LogP contribution is -2.40. The van der Waals surface area contributed by atoms with Gasteiger partial charge in [0.25, 0.3) is 0 Å². The number of morpholine rings is 1. The van der Waals surface area contributed by atoms with Crippen LogP contribution in [-0.4, -0.2) is 52.0 Å². The third-order valence-corrected chi connectivity index (χ3v) is 7.20. The molecule has 4 rings (SSSR count). The fraction of sp³-hybridized carbons (Fsp3) is 0.240. The average molecular weight is 483 g/mol. The summed E-state index contributed by atoms with van der Waals surface area (Å²) in [5.74, 6) is 1.24. The van der Waals surface area contributed by atoms with Crippen LogP contribution in [0.5, 0.6) is 17.2 Å². The molecule has 3 aromatic rings. The maximum Gasteiger partial charge on any atom is 0.246 e. The molecule has 0 saturated carbocycles. The van der Waals surface area contributed by atoms with Crippen LogP contribution in [0.1, 0.15) is 5.56 Å². The molecule has 0 radical (unpaired) electrons. The Balaban J connectivity index is 1.47. The first kappa shape index (κ1) is 23.7. The minimum absolute atomic E-state index is 0.000600. The molecule has 1 heterocycles. The molecule has 9 heteroatoms. The summed E-state index contributed by atoms with van der Waals surface area (Å²) in [7, 11) is -2.36. The highest BCUT2D eigenvalue weighted by molar-refractivity contribution is 7.89. The summed E-state index contributed by atoms with van der Waals surface area (Å²) < 4.78 is 44.1. The SMILES string of the molecule is COc1ccc(CC(=O)Nc2cccc(Oc3ccccc3)c2)cc1S(=O)(=O)N1CCOCC1. The molecule has 1 saturated heterocycles. The van der Waals surface area contributed by atoms with Crippen molar-refractivity contribution in [2.45, 2.75) is 11.3 Å². The van der Waals surface area contributed by atoms with Gasteiger partial charge >= 0.3 is 0 Å². The molecule has 0 spiro atoms. The molecule has 0 aromatic heterocycles. The molecule has 0 bridgehead atoms. The molecule has 1 N–H and O–H groups in total. The molecule has 34 heavy (non-hydrogen) atoms. The zero-order valence-electron chi connectivity index (χ0n) is 18.8. The van der Waals surface area contributed by atoms with Gasteiger partial charge in [-0.15, -0.1) is 0 Å². The van der Waals surface area contributed by atoms with E-state index in [0.717, 1.165) is 0 Å². The van der Waals surface area contributed by atoms with Crippen molar-refractivity contribution < 1.29 is 27.4 Å². The number of sulfonamides is 1. The Hall–Kier alpha value is -3.40. The van der Waals surface area contributed by atoms with Gasteiger partial charge in [-0.05, 0) is 42.0 Å². The van der Waals surface area contributed by atoms with Crippen molar-refractivity contribution >= 4 is 21.6 Å². The van der Waals surface area contributed by atoms with Gasteiger partial charge in [-0.3, -0.25) is 4.79 Å². The highest BCUT2D eigenvalue weighted by Crippen LogP contribution is 2.29. The monoisotopic (exact) mass is 482 g/mol. The molecule has 178 valence electrons. The molecule has 1 fully saturated rings. The number of hydrogen-bond acceptors (Lipinski definition) is 6. The lowest BCUT2D eigenvalue weighted by molar-refractivity contribution is -0.115. The first-order valence-corrected chi connectivity index (χ1v) is 12.3. The summed E-state index contributed by atoms with van der Waals surface area (Å²) in [6.07, 6.45) is -0.000600. The van der Waals surface area contributed by atoms with Gasteiger partial charge in [0.2, 0.25) is 15.9 Å². The number of nitrogens with zero attached hydrogens (tertiary/aromatic N) is 1. The number of methoxy groups -OCH3 is 1. The molecule has 3 aromatic carbocycles. The number of carbonyl (C=O) groups excluding carboxylic acids is 1. The maximum atomic E-state index is 13.2. The quantitative estimate of drug-likeness (QED) is 0.526. The largest absolute Gasteiger partial charge is 0.495 e. The molecular formula is C25H26N2O6S. The number of para-hydroxylation sites is 1. The molecular weight excluding hydrogens is 456 g/mol. The van der Waals surface area contributed by atoms with Crippen molar-refractivity contribution in [1.82, 2.24) is 4.31 Å². The van der Waals surface area contributed by atoms with E-state index in [1.807, 2.05) is 30.3 Å². The first-order chi connectivity index (χ1) is 16.5. The van der Waals surface area contributed by atoms with E-state index in [1.165, 1.54) is 17.5 Å². The van der Waals surface area contributed by atoms with Crippen LogP contribution >= 0.6 is 0 Å². The first-order valence-electron chi connectivity index (χ1n) is 10.8. The number of amides is 1. The van der Waals surface area contributed by atoms with E-state index in [9.17, 15) is 13.2 Å². The van der Waals surface area contributed by atoms with Crippen LogP contribution in [0.2, 0.25) is 0 Å². The summed E-state index contributed by atoms with van der Waals surface area (Å²) in [5.41, 5.74) is 1.13. The summed E-state index contributed by atoms with van der Waals surface area (Å²) >= 11 is 0. The highest BCUT2D eigenvalue weighted by Gasteiger charge is 2.29. The number of carbonyl (C=O) groups is 1. The molecule has 1 aliphatic rings. The van der Waals surface area contributed by atoms with Crippen molar-refractivity contribution in [3.8, 4) is 17.2 Å². The Morgan fingerprint density at radius 1 is 0.971 bits per heavy atom. The van der Waals surface area contributed by atoms with E-state index in [-0.39, 0.29) is 36.1 Å². The number of hydrogen-bond donors (Lipinski definition) is 1. The summed E-state index contributed by atoms with van der Waals surface area (Å²) in [4.78, 5) is 12.8. The fourth-order valence-electron chi connectivity index (χ4n) is 3.61. The third kappa shape index (κ3) is 5.74. The second-order valence-electron chi connectivity index (χ2n) is 7.67. The van der Waals surface area contributed by atoms with E-state index >= 15 is 0 Å². The molecule has 8 nitrogen and oxygen atoms in total. The van der Waals surface area contributed by atoms with Crippen molar-refractivity contribution in [2.24, 2.45) is 0 Å². The number of ether oxygens (including phenoxy) is 3. The van der Waals surface area contributed by atoms with Gasteiger partial charge in [-0.2, -0.15) is 4.31 Å². The predicted octanol–water partition coefficient (Wildman–Crippen LogP) is 3.69. The second kappa shape index (κ2) is 10.7. The summed E-state index contributed by atoms with van der Waals surface area (Å²) in [6, 6.07) is 21.2. The Morgan fingerprint density at radius 3 is 2.44 bits per heavy atom. The lowest BCUT2D eigenvalue weighted by atomic mass is 10.1. The fourth-order valence-corrected chi connectivity index (χ4v) is 5.23. The van der Waals surface area contributed by atoms with Crippen molar-refractivity contribution in [2.75, 3.05) is 38.7 Å². The van der Waals surface area contributed by atoms with Gasteiger partial charge in [0, 0.05) is 24.8 Å². The third-order valence-electron chi connectivity index (χ3n) is 5.28. The van der Waals surface area contributed by atoms with Gasteiger partial charge in [-0.25, -0.2) is 8.42 Å². The predicted molar refractivity (Wildman–Crippen MR) is 128 cm³/mol. The van der Waals surface area contributed by atoms with E-state index in [1.54, 1.807) is 36.4 Å². The van der Waals surface area contributed by atoms with Gasteiger partial charge in [0.1, 0.15) is 22.1 Å². The van der Waals surface area contributed by atoms with Crippen LogP contribution in [0.3, 0.4) is 0 Å². The minimum atomic E-state index is -3.78. The Kier molecular flexibility index (Phi) is 7.46. The van der Waals surface area contributed by atoms with Crippen molar-refractivity contribution in [1.29, 1.82) is 0 Å². The van der Waals surface area contributed by atoms with Crippen LogP contribution in [0.4, 0.5) is 5.69 Å². The van der Waals surface area contributed by atoms with Crippen LogP contribution < -0.4 is 14.8 Å². The Bertz CT molecular complexity index is 1240. The molecule has 0 unspecified atom stereocenters. The van der Waals surface area contributed by atoms with E-state index in [0.29, 0.717) is 36.0 Å². The zero-order valence-corrected chi connectivity index (χ0v) is 19.6. The van der Waals surface area contributed by atoms with Gasteiger partial charge in [-0.1, -0.05) is 30.3 Å². The molecule has 0 atom stereocenters. The van der Waals surface area contributed by atoms with Crippen LogP contribution in [0.25, 0.3) is 0 Å². The van der Waals surface area contributed by atoms with Gasteiger partial charge in [0.15, 0.2) is 0 Å². The van der Waals surface area contributed by atoms with Crippen LogP contribution in [0.15, 0.2) is 77.7 Å². The lowest BCUT2D eigenvalue weighted by Gasteiger charge is -2.26. The second-order valence-corrected chi connectivity index (χ2v) is 9.58. The smallest absolute Gasteiger partial charge is 0.246 e. The summed E-state index contributed by atoms with van der Waals surface area (Å²) in [5, 5.41) is 2.84. The van der Waals surface area contributed by atoms with Crippen LogP contribution in [0, 0.1) is 0 Å². The number of nitrogens with one attached hydrogen (secondary N) is 1. The molecule has 1 aliphatic heterocycles. The molecule has 1 amide bonds. The Labute approximate surface area is 199 Å². The highest BCUT2D eigenvalue weighted by atomic mass is 32.2. The normalized spacial score (nSPS) is 14.4. The standard InChI is InChI=1S/C25H26N2O6S/c1-31-23-11-10-19(16-24(23)34(29,30)27-12-14-32-15-13-27)17-25(28)26-20-6-5-9-22(18-20)33-21-7-3-2-4-8-21/h2-11,16,18H,12-15,17H2,1H3,(H,26,28). The topological polar surface area (TPSA) is 94.2 Å². The van der Waals surface area contributed by atoms with Crippen molar-refractivity contribution in [3.63, 3.8) is 0 Å². The molecule has 0 aliphatic carbocycles. The van der Waals surface area contributed by atoms with E-state index in [2.05, 4.69) is 5.32 Å². The average Bonchev–Trinajstić information content (AvgIpc) is 2.85. The number of benzene rings is 3. The summed E-state index contributed by atoms with van der Waals surface area (Å²) in [6.45, 7) is 1.24. The maximum absolute atomic E-state index is 13.2. The van der Waals surface area contributed by atoms with Crippen molar-refractivity contribution in [3.05, 3.63) is 78.4 Å². The van der Waals surface area contributed by atoms with Gasteiger partial charge in [0.05, 0.1) is 26.7 Å². The van der Waals surface area contributed by atoms with Gasteiger partial charge < -0.3 is 19.5 Å². The van der Waals surface area contributed by atoms with Crippen LogP contribution in [-0.2, 0) is 26.0 Å². The minimum Gasteiger partial charge on any atom is -0.495 e. The zero-order chi connectivity index (χ0) is 24.0. The number of rotatable bonds is 8. The van der Waals surface area contributed by atoms with E-state index < -0.39 is 10.0 Å². The Morgan fingerprint density at radius 2 is 1.71 bits per heavy atom. The van der Waals surface area contributed by atoms with E-state index in [4.69, 9.17) is 14.2 Å². The number of anilines is 1.